The molecule has 20 heavy (non-hydrogen) atoms. The average molecular weight is 287 g/mol. The fourth-order valence-corrected chi connectivity index (χ4v) is 1.64. The van der Waals surface area contributed by atoms with Crippen LogP contribution in [0.4, 0.5) is 14.5 Å². The predicted molar refractivity (Wildman–Crippen MR) is 67.5 cm³/mol. The largest absolute Gasteiger partial charge is 0.480 e. The van der Waals surface area contributed by atoms with Crippen LogP contribution in [0.2, 0.25) is 0 Å². The highest BCUT2D eigenvalue weighted by molar-refractivity contribution is 5.75. The second-order valence-electron chi connectivity index (χ2n) is 3.94. The highest BCUT2D eigenvalue weighted by Crippen LogP contribution is 2.21. The zero-order chi connectivity index (χ0) is 15.1. The van der Waals surface area contributed by atoms with Gasteiger partial charge in [-0.2, -0.15) is 0 Å². The molecule has 0 heterocycles. The number of aliphatic carboxylic acids is 1. The number of ether oxygens (including phenoxy) is 1. The number of carboxylic acids is 1. The van der Waals surface area contributed by atoms with E-state index in [9.17, 15) is 18.4 Å². The lowest BCUT2D eigenvalue weighted by molar-refractivity contribution is -0.143. The van der Waals surface area contributed by atoms with Crippen LogP contribution in [-0.2, 0) is 14.3 Å². The number of hydrogen-bond donors (Lipinski definition) is 1. The molecule has 1 aromatic rings. The number of anilines is 1. The first kappa shape index (κ1) is 15.9. The van der Waals surface area contributed by atoms with Crippen LogP contribution < -0.4 is 4.90 Å². The fourth-order valence-electron chi connectivity index (χ4n) is 1.64. The Hall–Kier alpha value is -2.18. The van der Waals surface area contributed by atoms with Crippen molar-refractivity contribution in [2.45, 2.75) is 13.3 Å². The third kappa shape index (κ3) is 4.49. The number of carboxylic acid groups (broad SMARTS) is 1. The smallest absolute Gasteiger partial charge is 0.323 e. The van der Waals surface area contributed by atoms with E-state index in [1.165, 1.54) is 12.1 Å². The van der Waals surface area contributed by atoms with E-state index < -0.39 is 30.1 Å². The summed E-state index contributed by atoms with van der Waals surface area (Å²) < 4.78 is 31.5. The minimum atomic E-state index is -1.21. The summed E-state index contributed by atoms with van der Waals surface area (Å²) in [7, 11) is 0. The highest BCUT2D eigenvalue weighted by Gasteiger charge is 2.18. The topological polar surface area (TPSA) is 66.8 Å². The van der Waals surface area contributed by atoms with Gasteiger partial charge in [-0.15, -0.1) is 0 Å². The lowest BCUT2D eigenvalue weighted by Gasteiger charge is -2.23. The summed E-state index contributed by atoms with van der Waals surface area (Å²) in [5.74, 6) is -3.95. The third-order valence-electron chi connectivity index (χ3n) is 2.49. The molecule has 0 bridgehead atoms. The zero-order valence-corrected chi connectivity index (χ0v) is 10.9. The van der Waals surface area contributed by atoms with Crippen LogP contribution in [0, 0.1) is 11.6 Å². The van der Waals surface area contributed by atoms with Gasteiger partial charge in [0.2, 0.25) is 0 Å². The van der Waals surface area contributed by atoms with Gasteiger partial charge in [0.05, 0.1) is 18.7 Å². The summed E-state index contributed by atoms with van der Waals surface area (Å²) >= 11 is 0. The summed E-state index contributed by atoms with van der Waals surface area (Å²) in [6.45, 7) is 1.22. The van der Waals surface area contributed by atoms with Gasteiger partial charge in [0.15, 0.2) is 11.6 Å². The first-order chi connectivity index (χ1) is 9.45. The molecule has 1 rings (SSSR count). The SMILES string of the molecule is CCOC(=O)CCN(CC(=O)O)c1cccc(F)c1F. The first-order valence-electron chi connectivity index (χ1n) is 6.02. The molecule has 0 aliphatic carbocycles. The molecule has 0 radical (unpaired) electrons. The van der Waals surface area contributed by atoms with Crippen molar-refractivity contribution >= 4 is 17.6 Å². The molecule has 1 N–H and O–H groups in total. The van der Waals surface area contributed by atoms with E-state index in [1.807, 2.05) is 0 Å². The van der Waals surface area contributed by atoms with Crippen molar-refractivity contribution in [3.63, 3.8) is 0 Å². The van der Waals surface area contributed by atoms with Crippen LogP contribution >= 0.6 is 0 Å². The van der Waals surface area contributed by atoms with Crippen LogP contribution in [0.15, 0.2) is 18.2 Å². The van der Waals surface area contributed by atoms with Gasteiger partial charge in [0.1, 0.15) is 6.54 Å². The molecule has 0 saturated carbocycles. The summed E-state index contributed by atoms with van der Waals surface area (Å²) in [5.41, 5.74) is -0.198. The number of carbonyl (C=O) groups excluding carboxylic acids is 1. The van der Waals surface area contributed by atoms with Gasteiger partial charge in [-0.3, -0.25) is 9.59 Å². The number of esters is 1. The molecular formula is C13H15F2NO4. The first-order valence-corrected chi connectivity index (χ1v) is 6.02. The number of benzene rings is 1. The molecule has 0 atom stereocenters. The summed E-state index contributed by atoms with van der Waals surface area (Å²) in [4.78, 5) is 23.1. The second kappa shape index (κ2) is 7.42. The number of halogens is 2. The molecule has 7 heteroatoms. The molecule has 1 aromatic carbocycles. The predicted octanol–water partition coefficient (Wildman–Crippen LogP) is 1.81. The van der Waals surface area contributed by atoms with Crippen molar-refractivity contribution in [1.82, 2.24) is 0 Å². The van der Waals surface area contributed by atoms with Crippen LogP contribution in [0.3, 0.4) is 0 Å². The fraction of sp³-hybridized carbons (Fsp3) is 0.385. The van der Waals surface area contributed by atoms with E-state index in [0.29, 0.717) is 0 Å². The molecule has 0 amide bonds. The highest BCUT2D eigenvalue weighted by atomic mass is 19.2. The van der Waals surface area contributed by atoms with Crippen molar-refractivity contribution < 1.29 is 28.2 Å². The molecule has 0 aromatic heterocycles. The number of hydrogen-bond acceptors (Lipinski definition) is 4. The lowest BCUT2D eigenvalue weighted by Crippen LogP contribution is -2.33. The molecule has 110 valence electrons. The van der Waals surface area contributed by atoms with E-state index in [0.717, 1.165) is 11.0 Å². The summed E-state index contributed by atoms with van der Waals surface area (Å²) in [5, 5.41) is 8.80. The average Bonchev–Trinajstić information content (AvgIpc) is 2.38. The van der Waals surface area contributed by atoms with Gasteiger partial charge in [-0.25, -0.2) is 8.78 Å². The molecule has 0 saturated heterocycles. The Kier molecular flexibility index (Phi) is 5.89. The minimum Gasteiger partial charge on any atom is -0.480 e. The minimum absolute atomic E-state index is 0.0779. The normalized spacial score (nSPS) is 10.2. The molecule has 5 nitrogen and oxygen atoms in total. The van der Waals surface area contributed by atoms with E-state index in [-0.39, 0.29) is 25.3 Å². The molecule has 0 fully saturated rings. The maximum atomic E-state index is 13.6. The van der Waals surface area contributed by atoms with Crippen LogP contribution in [0.5, 0.6) is 0 Å². The van der Waals surface area contributed by atoms with Crippen molar-refractivity contribution in [3.05, 3.63) is 29.8 Å². The molecular weight excluding hydrogens is 272 g/mol. The van der Waals surface area contributed by atoms with Crippen LogP contribution in [-0.4, -0.2) is 36.7 Å². The van der Waals surface area contributed by atoms with Crippen LogP contribution in [0.1, 0.15) is 13.3 Å². The van der Waals surface area contributed by atoms with Gasteiger partial charge < -0.3 is 14.7 Å². The molecule has 0 aliphatic heterocycles. The number of nitrogens with zero attached hydrogens (tertiary/aromatic N) is 1. The van der Waals surface area contributed by atoms with Gasteiger partial charge >= 0.3 is 11.9 Å². The van der Waals surface area contributed by atoms with Gasteiger partial charge in [0.25, 0.3) is 0 Å². The monoisotopic (exact) mass is 287 g/mol. The Labute approximate surface area is 114 Å². The van der Waals surface area contributed by atoms with E-state index in [1.54, 1.807) is 6.92 Å². The molecule has 0 aliphatic rings. The lowest BCUT2D eigenvalue weighted by atomic mass is 10.2. The third-order valence-corrected chi connectivity index (χ3v) is 2.49. The Morgan fingerprint density at radius 3 is 2.65 bits per heavy atom. The van der Waals surface area contributed by atoms with Crippen LogP contribution in [0.25, 0.3) is 0 Å². The zero-order valence-electron chi connectivity index (χ0n) is 10.9. The number of rotatable bonds is 7. The maximum absolute atomic E-state index is 13.6. The van der Waals surface area contributed by atoms with Crippen molar-refractivity contribution in [2.75, 3.05) is 24.6 Å². The molecule has 0 spiro atoms. The molecule has 0 unspecified atom stereocenters. The maximum Gasteiger partial charge on any atom is 0.323 e. The van der Waals surface area contributed by atoms with E-state index >= 15 is 0 Å². The standard InChI is InChI=1S/C13H15F2NO4/c1-2-20-12(19)6-7-16(8-11(17)18)10-5-3-4-9(14)13(10)15/h3-5H,2,6-8H2,1H3,(H,17,18). The van der Waals surface area contributed by atoms with Crippen molar-refractivity contribution in [1.29, 1.82) is 0 Å². The van der Waals surface area contributed by atoms with E-state index in [2.05, 4.69) is 0 Å². The second-order valence-corrected chi connectivity index (χ2v) is 3.94. The van der Waals surface area contributed by atoms with Gasteiger partial charge in [0, 0.05) is 6.54 Å². The number of carbonyl (C=O) groups is 2. The summed E-state index contributed by atoms with van der Waals surface area (Å²) in [6.07, 6.45) is -0.114. The van der Waals surface area contributed by atoms with E-state index in [4.69, 9.17) is 9.84 Å². The Morgan fingerprint density at radius 2 is 2.05 bits per heavy atom. The summed E-state index contributed by atoms with van der Waals surface area (Å²) in [6, 6.07) is 3.46. The Morgan fingerprint density at radius 1 is 1.35 bits per heavy atom. The van der Waals surface area contributed by atoms with Gasteiger partial charge in [-0.1, -0.05) is 6.07 Å². The van der Waals surface area contributed by atoms with Gasteiger partial charge in [-0.05, 0) is 19.1 Å². The quantitative estimate of drug-likeness (QED) is 0.775. The Balaban J connectivity index is 2.86. The Bertz CT molecular complexity index is 493. The van der Waals surface area contributed by atoms with Crippen molar-refractivity contribution in [3.8, 4) is 0 Å². The van der Waals surface area contributed by atoms with Crippen molar-refractivity contribution in [2.24, 2.45) is 0 Å².